The van der Waals surface area contributed by atoms with Crippen LogP contribution in [-0.4, -0.2) is 42.0 Å². The fourth-order valence-electron chi connectivity index (χ4n) is 3.46. The number of hydrogen-bond acceptors (Lipinski definition) is 7. The summed E-state index contributed by atoms with van der Waals surface area (Å²) in [7, 11) is 1.49. The quantitative estimate of drug-likeness (QED) is 0.499. The first-order chi connectivity index (χ1) is 14.8. The van der Waals surface area contributed by atoms with Crippen LogP contribution in [0.2, 0.25) is 0 Å². The molecule has 0 saturated carbocycles. The third-order valence-corrected chi connectivity index (χ3v) is 5.22. The summed E-state index contributed by atoms with van der Waals surface area (Å²) in [6.45, 7) is 1.22. The minimum atomic E-state index is -2.04. The molecule has 9 nitrogen and oxygen atoms in total. The predicted octanol–water partition coefficient (Wildman–Crippen LogP) is 1.82. The van der Waals surface area contributed by atoms with Gasteiger partial charge in [-0.25, -0.2) is 23.1 Å². The highest BCUT2D eigenvalue weighted by Gasteiger charge is 2.41. The van der Waals surface area contributed by atoms with Gasteiger partial charge in [0.2, 0.25) is 0 Å². The van der Waals surface area contributed by atoms with E-state index in [1.54, 1.807) is 12.1 Å². The lowest BCUT2D eigenvalue weighted by atomic mass is 9.86. The Labute approximate surface area is 174 Å². The van der Waals surface area contributed by atoms with Gasteiger partial charge in [0, 0.05) is 17.7 Å². The number of ether oxygens (including phenoxy) is 1. The Kier molecular flexibility index (Phi) is 5.19. The predicted molar refractivity (Wildman–Crippen MR) is 105 cm³/mol. The number of aromatic nitrogens is 6. The molecular weight excluding hydrogens is 410 g/mol. The molecule has 0 aliphatic heterocycles. The lowest BCUT2D eigenvalue weighted by Gasteiger charge is -2.34. The lowest BCUT2D eigenvalue weighted by Crippen LogP contribution is -2.44. The van der Waals surface area contributed by atoms with Crippen molar-refractivity contribution in [1.82, 2.24) is 29.8 Å². The van der Waals surface area contributed by atoms with Crippen LogP contribution in [0.15, 0.2) is 53.8 Å². The number of halogens is 2. The molecule has 2 unspecified atom stereocenters. The van der Waals surface area contributed by atoms with E-state index in [4.69, 9.17) is 4.74 Å². The van der Waals surface area contributed by atoms with Crippen LogP contribution in [0, 0.1) is 11.6 Å². The van der Waals surface area contributed by atoms with Gasteiger partial charge in [-0.05, 0) is 25.1 Å². The molecule has 0 amide bonds. The van der Waals surface area contributed by atoms with Gasteiger partial charge in [-0.1, -0.05) is 11.3 Å². The summed E-state index contributed by atoms with van der Waals surface area (Å²) in [4.78, 5) is 16.9. The number of fused-ring (bicyclic) bond motifs is 1. The van der Waals surface area contributed by atoms with E-state index in [1.807, 2.05) is 0 Å². The molecule has 2 heterocycles. The minimum absolute atomic E-state index is 0.222. The number of nitrogens with zero attached hydrogens (tertiary/aromatic N) is 6. The molecule has 160 valence electrons. The molecule has 0 aliphatic rings. The van der Waals surface area contributed by atoms with Crippen LogP contribution >= 0.6 is 0 Å². The van der Waals surface area contributed by atoms with Crippen LogP contribution in [0.1, 0.15) is 18.5 Å². The summed E-state index contributed by atoms with van der Waals surface area (Å²) in [6, 6.07) is 6.39. The molecule has 0 saturated heterocycles. The fraction of sp³-hybridized carbons (Fsp3) is 0.250. The highest BCUT2D eigenvalue weighted by Crippen LogP contribution is 2.35. The number of benzene rings is 2. The summed E-state index contributed by atoms with van der Waals surface area (Å²) in [5.41, 5.74) is -2.50. The maximum atomic E-state index is 14.7. The molecule has 0 bridgehead atoms. The van der Waals surface area contributed by atoms with Crippen LogP contribution in [0.4, 0.5) is 8.78 Å². The van der Waals surface area contributed by atoms with Gasteiger partial charge in [0.15, 0.2) is 0 Å². The zero-order valence-electron chi connectivity index (χ0n) is 16.6. The van der Waals surface area contributed by atoms with Gasteiger partial charge in [0.1, 0.15) is 41.2 Å². The van der Waals surface area contributed by atoms with Crippen molar-refractivity contribution in [2.75, 3.05) is 7.11 Å². The second-order valence-corrected chi connectivity index (χ2v) is 7.04. The van der Waals surface area contributed by atoms with Gasteiger partial charge in [-0.2, -0.15) is 5.10 Å². The van der Waals surface area contributed by atoms with Crippen LogP contribution in [-0.2, 0) is 12.1 Å². The van der Waals surface area contributed by atoms with Crippen molar-refractivity contribution in [2.24, 2.45) is 0 Å². The van der Waals surface area contributed by atoms with Crippen molar-refractivity contribution in [3.05, 3.63) is 76.6 Å². The average molecular weight is 428 g/mol. The zero-order valence-corrected chi connectivity index (χ0v) is 16.6. The Morgan fingerprint density at radius 3 is 2.71 bits per heavy atom. The molecular formula is C20H18F2N6O3. The molecule has 2 aromatic carbocycles. The van der Waals surface area contributed by atoms with E-state index in [2.05, 4.69) is 20.4 Å². The van der Waals surface area contributed by atoms with Gasteiger partial charge in [0.25, 0.3) is 5.56 Å². The lowest BCUT2D eigenvalue weighted by molar-refractivity contribution is -0.0390. The van der Waals surface area contributed by atoms with Gasteiger partial charge < -0.3 is 9.84 Å². The summed E-state index contributed by atoms with van der Waals surface area (Å²) in [5, 5.41) is 23.8. The Hall–Kier alpha value is -3.73. The third-order valence-electron chi connectivity index (χ3n) is 5.22. The summed E-state index contributed by atoms with van der Waals surface area (Å²) in [6.07, 6.45) is 2.59. The van der Waals surface area contributed by atoms with Crippen molar-refractivity contribution in [2.45, 2.75) is 25.1 Å². The van der Waals surface area contributed by atoms with Gasteiger partial charge >= 0.3 is 0 Å². The van der Waals surface area contributed by atoms with Crippen LogP contribution in [0.5, 0.6) is 5.75 Å². The molecule has 31 heavy (non-hydrogen) atoms. The first kappa shape index (κ1) is 20.5. The number of hydrogen-bond donors (Lipinski definition) is 1. The number of rotatable bonds is 6. The van der Waals surface area contributed by atoms with E-state index in [-0.39, 0.29) is 17.5 Å². The molecule has 0 spiro atoms. The summed E-state index contributed by atoms with van der Waals surface area (Å²) >= 11 is 0. The van der Waals surface area contributed by atoms with Crippen molar-refractivity contribution in [3.8, 4) is 5.75 Å². The van der Waals surface area contributed by atoms with Crippen LogP contribution in [0.25, 0.3) is 10.9 Å². The molecule has 2 atom stereocenters. The fourth-order valence-corrected chi connectivity index (χ4v) is 3.46. The Bertz CT molecular complexity index is 1290. The molecule has 0 fully saturated rings. The standard InChI is InChI=1S/C20H18F2N6O3/c1-12(28-19(29)15-5-4-14(31-2)8-18(15)25-26-28)20(30,9-27-11-23-10-24-27)16-6-3-13(21)7-17(16)22/h3-8,10-12,30H,9H2,1-2H3. The van der Waals surface area contributed by atoms with E-state index >= 15 is 0 Å². The molecule has 1 N–H and O–H groups in total. The Balaban J connectivity index is 1.87. The Morgan fingerprint density at radius 2 is 2.03 bits per heavy atom. The topological polar surface area (TPSA) is 108 Å². The molecule has 0 radical (unpaired) electrons. The molecule has 11 heteroatoms. The highest BCUT2D eigenvalue weighted by atomic mass is 19.1. The van der Waals surface area contributed by atoms with E-state index in [9.17, 15) is 18.7 Å². The van der Waals surface area contributed by atoms with Crippen molar-refractivity contribution in [1.29, 1.82) is 0 Å². The smallest absolute Gasteiger partial charge is 0.277 e. The maximum absolute atomic E-state index is 14.7. The van der Waals surface area contributed by atoms with Crippen molar-refractivity contribution < 1.29 is 18.6 Å². The molecule has 2 aromatic heterocycles. The van der Waals surface area contributed by atoms with Crippen molar-refractivity contribution >= 4 is 10.9 Å². The summed E-state index contributed by atoms with van der Waals surface area (Å²) in [5.74, 6) is -1.27. The SMILES string of the molecule is COc1ccc2c(=O)n(C(C)C(O)(Cn3cncn3)c3ccc(F)cc3F)nnc2c1. The molecule has 0 aliphatic carbocycles. The highest BCUT2D eigenvalue weighted by molar-refractivity contribution is 5.78. The average Bonchev–Trinajstić information content (AvgIpc) is 3.25. The van der Waals surface area contributed by atoms with Gasteiger partial charge in [-0.15, -0.1) is 5.10 Å². The molecule has 4 aromatic rings. The first-order valence-electron chi connectivity index (χ1n) is 9.27. The van der Waals surface area contributed by atoms with E-state index in [1.165, 1.54) is 37.4 Å². The zero-order chi connectivity index (χ0) is 22.2. The second kappa shape index (κ2) is 7.84. The number of aliphatic hydroxyl groups is 1. The van der Waals surface area contributed by atoms with Gasteiger partial charge in [0.05, 0.1) is 25.1 Å². The van der Waals surface area contributed by atoms with E-state index in [0.717, 1.165) is 16.8 Å². The third kappa shape index (κ3) is 3.63. The largest absolute Gasteiger partial charge is 0.497 e. The Morgan fingerprint density at radius 1 is 1.23 bits per heavy atom. The normalized spacial score (nSPS) is 14.4. The minimum Gasteiger partial charge on any atom is -0.497 e. The van der Waals surface area contributed by atoms with E-state index < -0.39 is 28.8 Å². The van der Waals surface area contributed by atoms with Gasteiger partial charge in [-0.3, -0.25) is 4.79 Å². The van der Waals surface area contributed by atoms with Crippen LogP contribution in [0.3, 0.4) is 0 Å². The second-order valence-electron chi connectivity index (χ2n) is 7.04. The monoisotopic (exact) mass is 428 g/mol. The van der Waals surface area contributed by atoms with Crippen molar-refractivity contribution in [3.63, 3.8) is 0 Å². The summed E-state index contributed by atoms with van der Waals surface area (Å²) < 4.78 is 35.6. The molecule has 4 rings (SSSR count). The van der Waals surface area contributed by atoms with E-state index in [0.29, 0.717) is 17.3 Å². The maximum Gasteiger partial charge on any atom is 0.277 e. The number of methoxy groups -OCH3 is 1. The first-order valence-corrected chi connectivity index (χ1v) is 9.27. The van der Waals surface area contributed by atoms with Crippen LogP contribution < -0.4 is 10.3 Å².